The van der Waals surface area contributed by atoms with E-state index in [0.717, 1.165) is 31.0 Å². The molecule has 1 aliphatic heterocycles. The van der Waals surface area contributed by atoms with Crippen molar-refractivity contribution < 1.29 is 14.1 Å². The molecule has 0 saturated heterocycles. The lowest BCUT2D eigenvalue weighted by atomic mass is 9.99. The maximum Gasteiger partial charge on any atom is 0.240 e. The van der Waals surface area contributed by atoms with Crippen LogP contribution in [0.1, 0.15) is 23.7 Å². The molecule has 1 aromatic heterocycles. The Hall–Kier alpha value is -2.34. The molecule has 1 N–H and O–H groups in total. The topological polar surface area (TPSA) is 67.6 Å². The number of carbonyl (C=O) groups is 1. The van der Waals surface area contributed by atoms with Gasteiger partial charge in [0, 0.05) is 19.2 Å². The number of anilines is 1. The Morgan fingerprint density at radius 3 is 3.00 bits per heavy atom. The molecule has 23 heavy (non-hydrogen) atoms. The van der Waals surface area contributed by atoms with Gasteiger partial charge in [-0.2, -0.15) is 0 Å². The Balaban J connectivity index is 1.60. The van der Waals surface area contributed by atoms with Crippen LogP contribution in [0.2, 0.25) is 0 Å². The van der Waals surface area contributed by atoms with Crippen LogP contribution >= 0.6 is 0 Å². The molecule has 1 aliphatic rings. The molecule has 0 bridgehead atoms. The highest BCUT2D eigenvalue weighted by atomic mass is 16.5. The van der Waals surface area contributed by atoms with Gasteiger partial charge in [0.25, 0.3) is 0 Å². The molecule has 0 spiro atoms. The van der Waals surface area contributed by atoms with Crippen molar-refractivity contribution >= 4 is 11.8 Å². The van der Waals surface area contributed by atoms with E-state index in [2.05, 4.69) is 27.5 Å². The lowest BCUT2D eigenvalue weighted by molar-refractivity contribution is -0.117. The van der Waals surface area contributed by atoms with Gasteiger partial charge in [-0.1, -0.05) is 11.2 Å². The molecule has 0 radical (unpaired) electrons. The predicted molar refractivity (Wildman–Crippen MR) is 86.5 cm³/mol. The van der Waals surface area contributed by atoms with E-state index in [4.69, 9.17) is 9.26 Å². The average molecular weight is 315 g/mol. The van der Waals surface area contributed by atoms with Crippen molar-refractivity contribution in [2.24, 2.45) is 0 Å². The zero-order chi connectivity index (χ0) is 16.2. The van der Waals surface area contributed by atoms with Crippen LogP contribution in [0.15, 0.2) is 28.8 Å². The Bertz CT molecular complexity index is 696. The molecule has 0 unspecified atom stereocenters. The van der Waals surface area contributed by atoms with Gasteiger partial charge in [0.05, 0.1) is 18.8 Å². The van der Waals surface area contributed by atoms with Gasteiger partial charge < -0.3 is 9.26 Å². The van der Waals surface area contributed by atoms with Crippen LogP contribution in [0.3, 0.4) is 0 Å². The highest BCUT2D eigenvalue weighted by Crippen LogP contribution is 2.24. The number of ether oxygens (including phenoxy) is 1. The molecule has 122 valence electrons. The lowest BCUT2D eigenvalue weighted by Crippen LogP contribution is -2.37. The predicted octanol–water partition coefficient (Wildman–Crippen LogP) is 2.38. The lowest BCUT2D eigenvalue weighted by Gasteiger charge is -2.28. The fourth-order valence-corrected chi connectivity index (χ4v) is 2.79. The van der Waals surface area contributed by atoms with Crippen LogP contribution in [0.5, 0.6) is 5.75 Å². The number of aromatic nitrogens is 1. The zero-order valence-corrected chi connectivity index (χ0v) is 13.5. The van der Waals surface area contributed by atoms with E-state index in [0.29, 0.717) is 19.0 Å². The third-order valence-corrected chi connectivity index (χ3v) is 3.84. The van der Waals surface area contributed by atoms with E-state index in [1.54, 1.807) is 6.07 Å². The Labute approximate surface area is 135 Å². The summed E-state index contributed by atoms with van der Waals surface area (Å²) in [6, 6.07) is 7.91. The first-order valence-electron chi connectivity index (χ1n) is 7.84. The second-order valence-electron chi connectivity index (χ2n) is 5.70. The van der Waals surface area contributed by atoms with E-state index < -0.39 is 0 Å². The largest absolute Gasteiger partial charge is 0.494 e. The summed E-state index contributed by atoms with van der Waals surface area (Å²) in [5, 5.41) is 6.49. The van der Waals surface area contributed by atoms with Crippen molar-refractivity contribution in [2.75, 3.05) is 25.0 Å². The number of hydrogen-bond acceptors (Lipinski definition) is 5. The minimum Gasteiger partial charge on any atom is -0.494 e. The van der Waals surface area contributed by atoms with Gasteiger partial charge in [-0.25, -0.2) is 0 Å². The summed E-state index contributed by atoms with van der Waals surface area (Å²) < 4.78 is 10.6. The smallest absolute Gasteiger partial charge is 0.240 e. The van der Waals surface area contributed by atoms with Gasteiger partial charge >= 0.3 is 0 Å². The first kappa shape index (κ1) is 15.6. The highest BCUT2D eigenvalue weighted by Gasteiger charge is 2.19. The maximum atomic E-state index is 12.1. The summed E-state index contributed by atoms with van der Waals surface area (Å²) in [7, 11) is 0. The van der Waals surface area contributed by atoms with Gasteiger partial charge in [-0.3, -0.25) is 15.0 Å². The molecular weight excluding hydrogens is 294 g/mol. The number of rotatable bonds is 5. The van der Waals surface area contributed by atoms with Gasteiger partial charge in [0.2, 0.25) is 11.8 Å². The van der Waals surface area contributed by atoms with Crippen molar-refractivity contribution in [2.45, 2.75) is 26.8 Å². The third kappa shape index (κ3) is 3.90. The second kappa shape index (κ2) is 6.83. The van der Waals surface area contributed by atoms with E-state index in [1.165, 1.54) is 11.1 Å². The van der Waals surface area contributed by atoms with Crippen LogP contribution in [0.25, 0.3) is 0 Å². The molecule has 6 nitrogen and oxygen atoms in total. The summed E-state index contributed by atoms with van der Waals surface area (Å²) in [5.74, 6) is 1.18. The quantitative estimate of drug-likeness (QED) is 0.917. The van der Waals surface area contributed by atoms with Crippen molar-refractivity contribution in [1.82, 2.24) is 10.1 Å². The van der Waals surface area contributed by atoms with Crippen molar-refractivity contribution in [3.63, 3.8) is 0 Å². The highest BCUT2D eigenvalue weighted by molar-refractivity contribution is 5.90. The van der Waals surface area contributed by atoms with Gasteiger partial charge in [-0.05, 0) is 43.5 Å². The first-order chi connectivity index (χ1) is 11.1. The average Bonchev–Trinajstić information content (AvgIpc) is 2.92. The fourth-order valence-electron chi connectivity index (χ4n) is 2.79. The van der Waals surface area contributed by atoms with Gasteiger partial charge in [0.1, 0.15) is 5.75 Å². The number of carbonyl (C=O) groups excluding carboxylic acids is 1. The number of benzene rings is 1. The van der Waals surface area contributed by atoms with Gasteiger partial charge in [0.15, 0.2) is 0 Å². The number of hydrogen-bond donors (Lipinski definition) is 1. The molecule has 3 rings (SSSR count). The summed E-state index contributed by atoms with van der Waals surface area (Å²) >= 11 is 0. The van der Waals surface area contributed by atoms with Crippen LogP contribution < -0.4 is 10.1 Å². The molecule has 1 aromatic carbocycles. The monoisotopic (exact) mass is 315 g/mol. The zero-order valence-electron chi connectivity index (χ0n) is 13.5. The summed E-state index contributed by atoms with van der Waals surface area (Å²) in [6.07, 6.45) is 0.941. The van der Waals surface area contributed by atoms with E-state index in [9.17, 15) is 4.79 Å². The van der Waals surface area contributed by atoms with Crippen molar-refractivity contribution in [3.8, 4) is 5.75 Å². The summed E-state index contributed by atoms with van der Waals surface area (Å²) in [5.41, 5.74) is 3.30. The maximum absolute atomic E-state index is 12.1. The van der Waals surface area contributed by atoms with Crippen molar-refractivity contribution in [3.05, 3.63) is 41.1 Å². The molecule has 0 atom stereocenters. The van der Waals surface area contributed by atoms with E-state index in [-0.39, 0.29) is 5.91 Å². The number of amides is 1. The molecule has 0 aliphatic carbocycles. The van der Waals surface area contributed by atoms with Crippen LogP contribution in [-0.4, -0.2) is 35.7 Å². The molecule has 2 aromatic rings. The minimum absolute atomic E-state index is 0.0921. The normalized spacial score (nSPS) is 14.3. The molecule has 0 fully saturated rings. The number of aryl methyl sites for hydroxylation is 1. The van der Waals surface area contributed by atoms with Gasteiger partial charge in [-0.15, -0.1) is 0 Å². The fraction of sp³-hybridized carbons (Fsp3) is 0.412. The third-order valence-electron chi connectivity index (χ3n) is 3.84. The first-order valence-corrected chi connectivity index (χ1v) is 7.84. The Kier molecular flexibility index (Phi) is 4.62. The van der Waals surface area contributed by atoms with Crippen LogP contribution in [-0.2, 0) is 17.8 Å². The van der Waals surface area contributed by atoms with E-state index in [1.807, 2.05) is 19.9 Å². The summed E-state index contributed by atoms with van der Waals surface area (Å²) in [4.78, 5) is 14.2. The molecule has 1 amide bonds. The SMILES string of the molecule is CCOc1ccc2c(c1)CN(CC(=O)Nc1cc(C)no1)CC2. The van der Waals surface area contributed by atoms with Crippen LogP contribution in [0.4, 0.5) is 5.88 Å². The molecule has 6 heteroatoms. The number of fused-ring (bicyclic) bond motifs is 1. The van der Waals surface area contributed by atoms with Crippen LogP contribution in [0, 0.1) is 6.92 Å². The standard InChI is InChI=1S/C17H21N3O3/c1-3-22-15-5-4-13-6-7-20(10-14(13)9-15)11-16(21)18-17-8-12(2)19-23-17/h4-5,8-9H,3,6-7,10-11H2,1-2H3,(H,18,21). The Morgan fingerprint density at radius 2 is 2.26 bits per heavy atom. The Morgan fingerprint density at radius 1 is 1.39 bits per heavy atom. The second-order valence-corrected chi connectivity index (χ2v) is 5.70. The minimum atomic E-state index is -0.0921. The molecule has 2 heterocycles. The number of nitrogens with zero attached hydrogens (tertiary/aromatic N) is 2. The van der Waals surface area contributed by atoms with Crippen molar-refractivity contribution in [1.29, 1.82) is 0 Å². The molecule has 0 saturated carbocycles. The molecular formula is C17H21N3O3. The summed E-state index contributed by atoms with van der Waals surface area (Å²) in [6.45, 7) is 6.39. The number of nitrogens with one attached hydrogen (secondary N) is 1. The van der Waals surface area contributed by atoms with E-state index >= 15 is 0 Å².